The summed E-state index contributed by atoms with van der Waals surface area (Å²) >= 11 is 0. The van der Waals surface area contributed by atoms with E-state index in [-0.39, 0.29) is 0 Å². The maximum absolute atomic E-state index is 5.74. The molecule has 1 rings (SSSR count). The Morgan fingerprint density at radius 2 is 2.00 bits per heavy atom. The standard InChI is InChI=1S/C8H16N2/c1-7(2)10-5-3-8(9)4-6-10/h8H,1,3-6,9H2,2H3. The summed E-state index contributed by atoms with van der Waals surface area (Å²) in [5.74, 6) is 0. The summed E-state index contributed by atoms with van der Waals surface area (Å²) in [5, 5.41) is 0. The molecule has 0 saturated carbocycles. The Morgan fingerprint density at radius 3 is 2.40 bits per heavy atom. The van der Waals surface area contributed by atoms with Gasteiger partial charge in [-0.25, -0.2) is 0 Å². The van der Waals surface area contributed by atoms with Crippen LogP contribution in [0.25, 0.3) is 0 Å². The van der Waals surface area contributed by atoms with Crippen LogP contribution in [0.3, 0.4) is 0 Å². The van der Waals surface area contributed by atoms with Gasteiger partial charge in [-0.15, -0.1) is 0 Å². The molecular weight excluding hydrogens is 124 g/mol. The summed E-state index contributed by atoms with van der Waals surface area (Å²) < 4.78 is 0. The molecule has 1 aliphatic rings. The van der Waals surface area contributed by atoms with Crippen LogP contribution in [0.5, 0.6) is 0 Å². The normalized spacial score (nSPS) is 21.2. The van der Waals surface area contributed by atoms with Crippen LogP contribution in [0.2, 0.25) is 0 Å². The van der Waals surface area contributed by atoms with Gasteiger partial charge < -0.3 is 10.6 Å². The van der Waals surface area contributed by atoms with Crippen molar-refractivity contribution in [3.8, 4) is 0 Å². The second-order valence-corrected chi connectivity index (χ2v) is 3.06. The smallest absolute Gasteiger partial charge is 0.0189 e. The van der Waals surface area contributed by atoms with Crippen molar-refractivity contribution in [2.45, 2.75) is 25.8 Å². The first-order valence-corrected chi connectivity index (χ1v) is 3.86. The van der Waals surface area contributed by atoms with Crippen molar-refractivity contribution in [3.05, 3.63) is 12.3 Å². The van der Waals surface area contributed by atoms with Gasteiger partial charge in [0.1, 0.15) is 0 Å². The molecular formula is C8H16N2. The maximum atomic E-state index is 5.74. The number of hydrogen-bond acceptors (Lipinski definition) is 2. The first-order valence-electron chi connectivity index (χ1n) is 3.86. The molecule has 1 saturated heterocycles. The molecule has 1 aliphatic heterocycles. The summed E-state index contributed by atoms with van der Waals surface area (Å²) in [6.45, 7) is 8.13. The Morgan fingerprint density at radius 1 is 1.50 bits per heavy atom. The van der Waals surface area contributed by atoms with E-state index in [0.717, 1.165) is 25.9 Å². The Bertz CT molecular complexity index is 123. The maximum Gasteiger partial charge on any atom is 0.0189 e. The molecule has 0 aromatic heterocycles. The van der Waals surface area contributed by atoms with Crippen LogP contribution in [-0.4, -0.2) is 24.0 Å². The molecule has 2 nitrogen and oxygen atoms in total. The molecule has 0 aliphatic carbocycles. The van der Waals surface area contributed by atoms with Crippen LogP contribution in [-0.2, 0) is 0 Å². The molecule has 10 heavy (non-hydrogen) atoms. The van der Waals surface area contributed by atoms with E-state index in [0.29, 0.717) is 6.04 Å². The number of nitrogens with zero attached hydrogens (tertiary/aromatic N) is 1. The summed E-state index contributed by atoms with van der Waals surface area (Å²) in [4.78, 5) is 2.30. The minimum Gasteiger partial charge on any atom is -0.375 e. The second kappa shape index (κ2) is 3.06. The Hall–Kier alpha value is -0.500. The average molecular weight is 140 g/mol. The lowest BCUT2D eigenvalue weighted by Gasteiger charge is -2.31. The van der Waals surface area contributed by atoms with Gasteiger partial charge in [-0.1, -0.05) is 6.58 Å². The van der Waals surface area contributed by atoms with Gasteiger partial charge in [0.05, 0.1) is 0 Å². The van der Waals surface area contributed by atoms with Gasteiger partial charge in [-0.2, -0.15) is 0 Å². The summed E-state index contributed by atoms with van der Waals surface area (Å²) in [7, 11) is 0. The summed E-state index contributed by atoms with van der Waals surface area (Å²) in [5.41, 5.74) is 6.91. The van der Waals surface area contributed by atoms with E-state index in [2.05, 4.69) is 18.4 Å². The zero-order valence-electron chi connectivity index (χ0n) is 6.64. The second-order valence-electron chi connectivity index (χ2n) is 3.06. The number of likely N-dealkylation sites (tertiary alicyclic amines) is 1. The fourth-order valence-electron chi connectivity index (χ4n) is 1.28. The van der Waals surface area contributed by atoms with Gasteiger partial charge in [0.2, 0.25) is 0 Å². The minimum absolute atomic E-state index is 0.426. The highest BCUT2D eigenvalue weighted by molar-refractivity contribution is 4.91. The number of hydrogen-bond donors (Lipinski definition) is 1. The molecule has 0 unspecified atom stereocenters. The fourth-order valence-corrected chi connectivity index (χ4v) is 1.28. The zero-order valence-corrected chi connectivity index (χ0v) is 6.64. The summed E-state index contributed by atoms with van der Waals surface area (Å²) in [6.07, 6.45) is 2.24. The van der Waals surface area contributed by atoms with Crippen molar-refractivity contribution in [1.82, 2.24) is 4.90 Å². The van der Waals surface area contributed by atoms with E-state index < -0.39 is 0 Å². The number of allylic oxidation sites excluding steroid dienone is 1. The highest BCUT2D eigenvalue weighted by Crippen LogP contribution is 2.11. The molecule has 2 heteroatoms. The number of rotatable bonds is 1. The molecule has 0 aromatic rings. The van der Waals surface area contributed by atoms with Crippen molar-refractivity contribution in [2.24, 2.45) is 5.73 Å². The predicted molar refractivity (Wildman–Crippen MR) is 43.6 cm³/mol. The topological polar surface area (TPSA) is 29.3 Å². The Balaban J connectivity index is 2.33. The lowest BCUT2D eigenvalue weighted by Crippen LogP contribution is -2.38. The molecule has 2 N–H and O–H groups in total. The third kappa shape index (κ3) is 1.74. The zero-order chi connectivity index (χ0) is 7.56. The van der Waals surface area contributed by atoms with E-state index in [4.69, 9.17) is 5.73 Å². The highest BCUT2D eigenvalue weighted by Gasteiger charge is 2.14. The Kier molecular flexibility index (Phi) is 2.33. The quantitative estimate of drug-likeness (QED) is 0.587. The van der Waals surface area contributed by atoms with Crippen molar-refractivity contribution >= 4 is 0 Å². The third-order valence-electron chi connectivity index (χ3n) is 2.08. The lowest BCUT2D eigenvalue weighted by molar-refractivity contribution is 0.265. The van der Waals surface area contributed by atoms with Crippen LogP contribution in [0.15, 0.2) is 12.3 Å². The van der Waals surface area contributed by atoms with Gasteiger partial charge >= 0.3 is 0 Å². The molecule has 0 aromatic carbocycles. The summed E-state index contributed by atoms with van der Waals surface area (Å²) in [6, 6.07) is 0.426. The number of piperidine rings is 1. The van der Waals surface area contributed by atoms with Crippen molar-refractivity contribution in [2.75, 3.05) is 13.1 Å². The molecule has 1 heterocycles. The van der Waals surface area contributed by atoms with Crippen molar-refractivity contribution < 1.29 is 0 Å². The first kappa shape index (κ1) is 7.61. The van der Waals surface area contributed by atoms with Crippen LogP contribution in [0.1, 0.15) is 19.8 Å². The molecule has 58 valence electrons. The fraction of sp³-hybridized carbons (Fsp3) is 0.750. The van der Waals surface area contributed by atoms with Gasteiger partial charge in [-0.3, -0.25) is 0 Å². The third-order valence-corrected chi connectivity index (χ3v) is 2.08. The molecule has 0 radical (unpaired) electrons. The van der Waals surface area contributed by atoms with Gasteiger partial charge in [0.15, 0.2) is 0 Å². The molecule has 0 bridgehead atoms. The Labute approximate surface area is 62.7 Å². The van der Waals surface area contributed by atoms with Crippen LogP contribution < -0.4 is 5.73 Å². The van der Waals surface area contributed by atoms with Gasteiger partial charge in [0, 0.05) is 24.8 Å². The van der Waals surface area contributed by atoms with E-state index >= 15 is 0 Å². The van der Waals surface area contributed by atoms with E-state index in [1.807, 2.05) is 0 Å². The van der Waals surface area contributed by atoms with E-state index in [1.54, 1.807) is 0 Å². The SMILES string of the molecule is C=C(C)N1CCC(N)CC1. The minimum atomic E-state index is 0.426. The molecule has 0 spiro atoms. The monoisotopic (exact) mass is 140 g/mol. The molecule has 0 atom stereocenters. The van der Waals surface area contributed by atoms with E-state index in [9.17, 15) is 0 Å². The van der Waals surface area contributed by atoms with Crippen molar-refractivity contribution in [3.63, 3.8) is 0 Å². The van der Waals surface area contributed by atoms with Crippen LogP contribution >= 0.6 is 0 Å². The number of nitrogens with two attached hydrogens (primary N) is 1. The average Bonchev–Trinajstić information content (AvgIpc) is 1.88. The van der Waals surface area contributed by atoms with E-state index in [1.165, 1.54) is 5.70 Å². The van der Waals surface area contributed by atoms with Crippen molar-refractivity contribution in [1.29, 1.82) is 0 Å². The van der Waals surface area contributed by atoms with Crippen LogP contribution in [0.4, 0.5) is 0 Å². The lowest BCUT2D eigenvalue weighted by atomic mass is 10.1. The molecule has 0 amide bonds. The van der Waals surface area contributed by atoms with Crippen LogP contribution in [0, 0.1) is 0 Å². The predicted octanol–water partition coefficient (Wildman–Crippen LogP) is 0.943. The van der Waals surface area contributed by atoms with Gasteiger partial charge in [0.25, 0.3) is 0 Å². The molecule has 1 fully saturated rings. The largest absolute Gasteiger partial charge is 0.375 e. The first-order chi connectivity index (χ1) is 4.70. The highest BCUT2D eigenvalue weighted by atomic mass is 15.1. The van der Waals surface area contributed by atoms with Gasteiger partial charge in [-0.05, 0) is 19.8 Å².